The van der Waals surface area contributed by atoms with Crippen LogP contribution < -0.4 is 4.87 Å². The largest absolute Gasteiger partial charge is 0.481 e. The second-order valence-corrected chi connectivity index (χ2v) is 5.53. The molecule has 0 spiro atoms. The first-order chi connectivity index (χ1) is 9.41. The van der Waals surface area contributed by atoms with Crippen LogP contribution in [0, 0.1) is 13.8 Å². The molecule has 0 aliphatic carbocycles. The van der Waals surface area contributed by atoms with Crippen LogP contribution in [-0.2, 0) is 18.4 Å². The van der Waals surface area contributed by atoms with E-state index in [1.807, 2.05) is 26.3 Å². The first-order valence-electron chi connectivity index (χ1n) is 6.32. The Balaban J connectivity index is 2.38. The van der Waals surface area contributed by atoms with Gasteiger partial charge in [-0.25, -0.2) is 0 Å². The molecule has 0 atom stereocenters. The predicted octanol–water partition coefficient (Wildman–Crippen LogP) is 1.79. The number of hydrogen-bond acceptors (Lipinski definition) is 4. The summed E-state index contributed by atoms with van der Waals surface area (Å²) in [4.78, 5) is 22.4. The van der Waals surface area contributed by atoms with Crippen LogP contribution in [0.5, 0.6) is 0 Å². The van der Waals surface area contributed by atoms with Crippen molar-refractivity contribution in [3.63, 3.8) is 0 Å². The van der Waals surface area contributed by atoms with E-state index in [1.54, 1.807) is 9.25 Å². The summed E-state index contributed by atoms with van der Waals surface area (Å²) in [5, 5.41) is 14.9. The molecular weight excluding hydrogens is 278 g/mol. The van der Waals surface area contributed by atoms with Crippen LogP contribution in [0.2, 0.25) is 0 Å². The molecule has 2 heterocycles. The van der Waals surface area contributed by atoms with Crippen molar-refractivity contribution >= 4 is 17.3 Å². The van der Waals surface area contributed by atoms with Crippen molar-refractivity contribution in [3.8, 4) is 11.3 Å². The maximum absolute atomic E-state index is 11.9. The van der Waals surface area contributed by atoms with Crippen molar-refractivity contribution in [2.24, 2.45) is 7.05 Å². The maximum atomic E-state index is 11.9. The minimum atomic E-state index is -0.844. The van der Waals surface area contributed by atoms with E-state index in [0.717, 1.165) is 34.0 Å². The Hall–Kier alpha value is -1.89. The van der Waals surface area contributed by atoms with Crippen LogP contribution >= 0.6 is 11.3 Å². The fourth-order valence-corrected chi connectivity index (χ4v) is 3.04. The molecule has 1 N–H and O–H groups in total. The van der Waals surface area contributed by atoms with Crippen LogP contribution in [0.1, 0.15) is 24.2 Å². The summed E-state index contributed by atoms with van der Waals surface area (Å²) in [7, 11) is 1.87. The molecule has 0 radical (unpaired) electrons. The zero-order valence-corrected chi connectivity index (χ0v) is 12.5. The summed E-state index contributed by atoms with van der Waals surface area (Å²) in [6.07, 6.45) is 0.504. The fraction of sp³-hybridized carbons (Fsp3) is 0.462. The molecule has 0 aliphatic heterocycles. The molecule has 20 heavy (non-hydrogen) atoms. The molecule has 108 valence electrons. The summed E-state index contributed by atoms with van der Waals surface area (Å²) in [5.74, 6) is -0.844. The van der Waals surface area contributed by atoms with Crippen molar-refractivity contribution in [1.29, 1.82) is 0 Å². The second-order valence-electron chi connectivity index (χ2n) is 4.71. The molecule has 2 aromatic rings. The van der Waals surface area contributed by atoms with Gasteiger partial charge >= 0.3 is 10.8 Å². The summed E-state index contributed by atoms with van der Waals surface area (Å²) in [6, 6.07) is 0. The van der Waals surface area contributed by atoms with E-state index in [2.05, 4.69) is 5.10 Å². The average molecular weight is 295 g/mol. The molecule has 6 nitrogen and oxygen atoms in total. The Morgan fingerprint density at radius 1 is 1.45 bits per heavy atom. The van der Waals surface area contributed by atoms with Gasteiger partial charge in [-0.1, -0.05) is 11.3 Å². The van der Waals surface area contributed by atoms with E-state index >= 15 is 0 Å². The second kappa shape index (κ2) is 5.62. The number of carboxylic acid groups (broad SMARTS) is 1. The van der Waals surface area contributed by atoms with Crippen LogP contribution in [0.15, 0.2) is 10.2 Å². The highest BCUT2D eigenvalue weighted by atomic mass is 32.1. The van der Waals surface area contributed by atoms with Crippen LogP contribution in [0.4, 0.5) is 0 Å². The zero-order valence-electron chi connectivity index (χ0n) is 11.7. The van der Waals surface area contributed by atoms with Crippen LogP contribution in [-0.4, -0.2) is 25.4 Å². The highest BCUT2D eigenvalue weighted by molar-refractivity contribution is 7.07. The molecule has 7 heteroatoms. The Morgan fingerprint density at radius 3 is 2.70 bits per heavy atom. The summed E-state index contributed by atoms with van der Waals surface area (Å²) < 4.78 is 3.43. The molecule has 0 saturated heterocycles. The van der Waals surface area contributed by atoms with Crippen LogP contribution in [0.3, 0.4) is 0 Å². The number of carbonyl (C=O) groups is 1. The third-order valence-corrected chi connectivity index (χ3v) is 4.08. The van der Waals surface area contributed by atoms with Gasteiger partial charge in [0.25, 0.3) is 0 Å². The van der Waals surface area contributed by atoms with E-state index < -0.39 is 5.97 Å². The number of rotatable bonds is 5. The smallest absolute Gasteiger partial charge is 0.307 e. The van der Waals surface area contributed by atoms with Gasteiger partial charge in [-0.15, -0.1) is 0 Å². The Kier molecular flexibility index (Phi) is 4.08. The van der Waals surface area contributed by atoms with Crippen molar-refractivity contribution < 1.29 is 9.90 Å². The topological polar surface area (TPSA) is 77.1 Å². The van der Waals surface area contributed by atoms with E-state index in [9.17, 15) is 9.59 Å². The number of nitrogens with zero attached hydrogens (tertiary/aromatic N) is 3. The van der Waals surface area contributed by atoms with E-state index in [1.165, 1.54) is 0 Å². The van der Waals surface area contributed by atoms with Crippen molar-refractivity contribution in [3.05, 3.63) is 26.4 Å². The quantitative estimate of drug-likeness (QED) is 0.912. The molecule has 0 fully saturated rings. The third kappa shape index (κ3) is 2.67. The zero-order chi connectivity index (χ0) is 14.9. The van der Waals surface area contributed by atoms with Gasteiger partial charge in [-0.05, 0) is 20.3 Å². The standard InChI is InChI=1S/C13H17N3O3S/c1-8-12(9(2)15(3)14-8)10-7-20-13(19)16(10)6-4-5-11(17)18/h7H,4-6H2,1-3H3,(H,17,18). The van der Waals surface area contributed by atoms with E-state index in [0.29, 0.717) is 13.0 Å². The minimum absolute atomic E-state index is 0.0620. The average Bonchev–Trinajstić information content (AvgIpc) is 2.82. The van der Waals surface area contributed by atoms with Gasteiger partial charge in [-0.3, -0.25) is 18.8 Å². The van der Waals surface area contributed by atoms with E-state index in [-0.39, 0.29) is 11.3 Å². The van der Waals surface area contributed by atoms with Crippen LogP contribution in [0.25, 0.3) is 11.3 Å². The Bertz CT molecular complexity index is 696. The maximum Gasteiger partial charge on any atom is 0.307 e. The monoisotopic (exact) mass is 295 g/mol. The van der Waals surface area contributed by atoms with Crippen molar-refractivity contribution in [1.82, 2.24) is 14.3 Å². The molecule has 0 amide bonds. The molecule has 0 aliphatic rings. The number of hydrogen-bond donors (Lipinski definition) is 1. The Labute approximate surface area is 120 Å². The number of thiazole rings is 1. The van der Waals surface area contributed by atoms with Gasteiger partial charge in [0.15, 0.2) is 0 Å². The van der Waals surface area contributed by atoms with Crippen molar-refractivity contribution in [2.45, 2.75) is 33.2 Å². The Morgan fingerprint density at radius 2 is 2.15 bits per heavy atom. The molecule has 0 aromatic carbocycles. The highest BCUT2D eigenvalue weighted by Crippen LogP contribution is 2.27. The molecule has 0 bridgehead atoms. The number of aliphatic carboxylic acids is 1. The number of aryl methyl sites for hydroxylation is 2. The number of aromatic nitrogens is 3. The first kappa shape index (κ1) is 14.5. The fourth-order valence-electron chi connectivity index (χ4n) is 2.27. The van der Waals surface area contributed by atoms with Gasteiger partial charge in [0.05, 0.1) is 11.4 Å². The lowest BCUT2D eigenvalue weighted by atomic mass is 10.1. The lowest BCUT2D eigenvalue weighted by molar-refractivity contribution is -0.137. The van der Waals surface area contributed by atoms with Gasteiger partial charge in [0.1, 0.15) is 0 Å². The van der Waals surface area contributed by atoms with Gasteiger partial charge in [0, 0.05) is 36.7 Å². The molecule has 2 rings (SSSR count). The first-order valence-corrected chi connectivity index (χ1v) is 7.20. The summed E-state index contributed by atoms with van der Waals surface area (Å²) in [6.45, 7) is 4.28. The van der Waals surface area contributed by atoms with Gasteiger partial charge in [-0.2, -0.15) is 5.10 Å². The molecule has 0 saturated carbocycles. The highest BCUT2D eigenvalue weighted by Gasteiger charge is 2.17. The SMILES string of the molecule is Cc1nn(C)c(C)c1-c1csc(=O)n1CCCC(=O)O. The third-order valence-electron chi connectivity index (χ3n) is 3.32. The number of carboxylic acids is 1. The van der Waals surface area contributed by atoms with Crippen molar-refractivity contribution in [2.75, 3.05) is 0 Å². The minimum Gasteiger partial charge on any atom is -0.481 e. The molecular formula is C13H17N3O3S. The lowest BCUT2D eigenvalue weighted by Gasteiger charge is -2.07. The molecule has 0 unspecified atom stereocenters. The molecule has 2 aromatic heterocycles. The van der Waals surface area contributed by atoms with Gasteiger partial charge in [0.2, 0.25) is 0 Å². The predicted molar refractivity (Wildman–Crippen MR) is 77.1 cm³/mol. The summed E-state index contributed by atoms with van der Waals surface area (Å²) >= 11 is 1.13. The normalized spacial score (nSPS) is 10.9. The van der Waals surface area contributed by atoms with E-state index in [4.69, 9.17) is 5.11 Å². The lowest BCUT2D eigenvalue weighted by Crippen LogP contribution is -2.15. The summed E-state index contributed by atoms with van der Waals surface area (Å²) in [5.41, 5.74) is 3.65. The van der Waals surface area contributed by atoms with Gasteiger partial charge < -0.3 is 5.11 Å².